The number of halogens is 1. The summed E-state index contributed by atoms with van der Waals surface area (Å²) in [6.07, 6.45) is 0. The molecule has 0 fully saturated rings. The summed E-state index contributed by atoms with van der Waals surface area (Å²) in [5, 5.41) is 7.49. The van der Waals surface area contributed by atoms with E-state index in [0.29, 0.717) is 22.8 Å². The number of anilines is 1. The van der Waals surface area contributed by atoms with Crippen molar-refractivity contribution in [1.82, 2.24) is 9.78 Å². The number of aryl methyl sites for hydroxylation is 1. The molecule has 0 spiro atoms. The molecule has 138 valence electrons. The maximum absolute atomic E-state index is 13.3. The Morgan fingerprint density at radius 3 is 2.29 bits per heavy atom. The molecule has 1 heterocycles. The smallest absolute Gasteiger partial charge is 0.274 e. The molecule has 0 aliphatic rings. The number of nitrogens with one attached hydrogen (secondary N) is 1. The van der Waals surface area contributed by atoms with Gasteiger partial charge in [-0.05, 0) is 49.4 Å². The lowest BCUT2D eigenvalue weighted by atomic mass is 10.1. The maximum atomic E-state index is 13.3. The van der Waals surface area contributed by atoms with E-state index in [4.69, 9.17) is 0 Å². The quantitative estimate of drug-likeness (QED) is 0.533. The molecule has 0 saturated carbocycles. The van der Waals surface area contributed by atoms with Crippen LogP contribution < -0.4 is 5.32 Å². The minimum Gasteiger partial charge on any atom is -0.321 e. The van der Waals surface area contributed by atoms with Gasteiger partial charge in [-0.3, -0.25) is 4.79 Å². The molecule has 0 aliphatic heterocycles. The first-order valence-corrected chi connectivity index (χ1v) is 8.89. The van der Waals surface area contributed by atoms with Gasteiger partial charge in [-0.15, -0.1) is 0 Å². The third kappa shape index (κ3) is 3.69. The van der Waals surface area contributed by atoms with Gasteiger partial charge in [-0.1, -0.05) is 48.0 Å². The molecule has 1 aromatic heterocycles. The second-order valence-electron chi connectivity index (χ2n) is 6.49. The zero-order valence-corrected chi connectivity index (χ0v) is 15.3. The molecule has 4 nitrogen and oxygen atoms in total. The van der Waals surface area contributed by atoms with Gasteiger partial charge >= 0.3 is 0 Å². The van der Waals surface area contributed by atoms with E-state index in [9.17, 15) is 9.18 Å². The highest BCUT2D eigenvalue weighted by molar-refractivity contribution is 6.04. The van der Waals surface area contributed by atoms with E-state index < -0.39 is 0 Å². The van der Waals surface area contributed by atoms with Crippen LogP contribution in [0.4, 0.5) is 10.1 Å². The van der Waals surface area contributed by atoms with Gasteiger partial charge in [-0.2, -0.15) is 5.10 Å². The molecule has 0 aliphatic carbocycles. The minimum absolute atomic E-state index is 0.289. The fourth-order valence-electron chi connectivity index (χ4n) is 2.90. The fraction of sp³-hybridized carbons (Fsp3) is 0.0435. The molecule has 0 saturated heterocycles. The molecule has 4 rings (SSSR count). The average molecular weight is 371 g/mol. The Morgan fingerprint density at radius 1 is 0.929 bits per heavy atom. The van der Waals surface area contributed by atoms with Crippen LogP contribution in [0.15, 0.2) is 84.9 Å². The molecule has 0 bridgehead atoms. The number of hydrogen-bond acceptors (Lipinski definition) is 2. The van der Waals surface area contributed by atoms with Gasteiger partial charge in [0.05, 0.1) is 11.4 Å². The topological polar surface area (TPSA) is 46.9 Å². The fourth-order valence-corrected chi connectivity index (χ4v) is 2.90. The third-order valence-electron chi connectivity index (χ3n) is 4.39. The summed E-state index contributed by atoms with van der Waals surface area (Å²) in [7, 11) is 0. The van der Waals surface area contributed by atoms with E-state index in [-0.39, 0.29) is 11.7 Å². The summed E-state index contributed by atoms with van der Waals surface area (Å²) in [5.41, 5.74) is 4.35. The number of amides is 1. The minimum atomic E-state index is -0.343. The summed E-state index contributed by atoms with van der Waals surface area (Å²) in [5.74, 6) is -0.632. The van der Waals surface area contributed by atoms with E-state index >= 15 is 0 Å². The molecule has 4 aromatic rings. The average Bonchev–Trinajstić information content (AvgIpc) is 3.17. The van der Waals surface area contributed by atoms with E-state index in [1.165, 1.54) is 16.8 Å². The van der Waals surface area contributed by atoms with Crippen molar-refractivity contribution in [2.45, 2.75) is 6.92 Å². The Balaban J connectivity index is 1.75. The number of carbonyl (C=O) groups is 1. The highest BCUT2D eigenvalue weighted by atomic mass is 19.1. The number of rotatable bonds is 4. The molecular weight excluding hydrogens is 353 g/mol. The van der Waals surface area contributed by atoms with Crippen LogP contribution in [0.3, 0.4) is 0 Å². The van der Waals surface area contributed by atoms with Crippen LogP contribution >= 0.6 is 0 Å². The lowest BCUT2D eigenvalue weighted by Gasteiger charge is -2.08. The summed E-state index contributed by atoms with van der Waals surface area (Å²) in [4.78, 5) is 13.0. The predicted molar refractivity (Wildman–Crippen MR) is 108 cm³/mol. The van der Waals surface area contributed by atoms with E-state index in [0.717, 1.165) is 11.1 Å². The van der Waals surface area contributed by atoms with E-state index in [1.807, 2.05) is 61.5 Å². The molecule has 0 radical (unpaired) electrons. The molecule has 0 atom stereocenters. The van der Waals surface area contributed by atoms with Crippen LogP contribution in [0.1, 0.15) is 16.1 Å². The SMILES string of the molecule is Cc1ccc(NC(=O)c2cc(-c3ccccc3)nn2-c2ccc(F)cc2)cc1. The molecule has 5 heteroatoms. The van der Waals surface area contributed by atoms with Crippen molar-refractivity contribution in [2.24, 2.45) is 0 Å². The van der Waals surface area contributed by atoms with Crippen molar-refractivity contribution in [1.29, 1.82) is 0 Å². The molecule has 3 aromatic carbocycles. The van der Waals surface area contributed by atoms with Crippen molar-refractivity contribution in [2.75, 3.05) is 5.32 Å². The van der Waals surface area contributed by atoms with Gasteiger partial charge in [0.25, 0.3) is 5.91 Å². The summed E-state index contributed by atoms with van der Waals surface area (Å²) in [6, 6.07) is 24.8. The zero-order chi connectivity index (χ0) is 19.5. The maximum Gasteiger partial charge on any atom is 0.274 e. The molecular formula is C23H18FN3O. The van der Waals surface area contributed by atoms with Crippen molar-refractivity contribution < 1.29 is 9.18 Å². The van der Waals surface area contributed by atoms with Crippen molar-refractivity contribution in [3.05, 3.63) is 102 Å². The van der Waals surface area contributed by atoms with Crippen molar-refractivity contribution >= 4 is 11.6 Å². The van der Waals surface area contributed by atoms with Crippen LogP contribution in [0, 0.1) is 12.7 Å². The first-order valence-electron chi connectivity index (χ1n) is 8.89. The normalized spacial score (nSPS) is 10.6. The Kier molecular flexibility index (Phi) is 4.72. The van der Waals surface area contributed by atoms with Gasteiger partial charge in [0.15, 0.2) is 0 Å². The largest absolute Gasteiger partial charge is 0.321 e. The van der Waals surface area contributed by atoms with Gasteiger partial charge in [-0.25, -0.2) is 9.07 Å². The van der Waals surface area contributed by atoms with Crippen LogP contribution in [0.2, 0.25) is 0 Å². The Hall–Kier alpha value is -3.73. The standard InChI is InChI=1S/C23H18FN3O/c1-16-7-11-19(12-8-16)25-23(28)22-15-21(17-5-3-2-4-6-17)26-27(22)20-13-9-18(24)10-14-20/h2-15H,1H3,(H,25,28). The molecule has 1 amide bonds. The number of aromatic nitrogens is 2. The summed E-state index contributed by atoms with van der Waals surface area (Å²) >= 11 is 0. The van der Waals surface area contributed by atoms with E-state index in [1.54, 1.807) is 18.2 Å². The highest BCUT2D eigenvalue weighted by Gasteiger charge is 2.18. The Morgan fingerprint density at radius 2 is 1.61 bits per heavy atom. The van der Waals surface area contributed by atoms with E-state index in [2.05, 4.69) is 10.4 Å². The van der Waals surface area contributed by atoms with Gasteiger partial charge in [0.2, 0.25) is 0 Å². The van der Waals surface area contributed by atoms with Gasteiger partial charge in [0.1, 0.15) is 11.5 Å². The van der Waals surface area contributed by atoms with Crippen LogP contribution in [-0.4, -0.2) is 15.7 Å². The molecule has 28 heavy (non-hydrogen) atoms. The van der Waals surface area contributed by atoms with Gasteiger partial charge in [0, 0.05) is 11.3 Å². The Labute approximate surface area is 162 Å². The Bertz CT molecular complexity index is 1100. The molecule has 0 unspecified atom stereocenters. The summed E-state index contributed by atoms with van der Waals surface area (Å²) in [6.45, 7) is 1.99. The van der Waals surface area contributed by atoms with Gasteiger partial charge < -0.3 is 5.32 Å². The van der Waals surface area contributed by atoms with Crippen LogP contribution in [0.25, 0.3) is 16.9 Å². The first-order chi connectivity index (χ1) is 13.6. The second-order valence-corrected chi connectivity index (χ2v) is 6.49. The third-order valence-corrected chi connectivity index (χ3v) is 4.39. The predicted octanol–water partition coefficient (Wildman–Crippen LogP) is 5.24. The second kappa shape index (κ2) is 7.48. The van der Waals surface area contributed by atoms with Crippen molar-refractivity contribution in [3.8, 4) is 16.9 Å². The van der Waals surface area contributed by atoms with Crippen LogP contribution in [-0.2, 0) is 0 Å². The van der Waals surface area contributed by atoms with Crippen LogP contribution in [0.5, 0.6) is 0 Å². The highest BCUT2D eigenvalue weighted by Crippen LogP contribution is 2.23. The number of nitrogens with zero attached hydrogens (tertiary/aromatic N) is 2. The number of carbonyl (C=O) groups excluding carboxylic acids is 1. The van der Waals surface area contributed by atoms with Crippen molar-refractivity contribution in [3.63, 3.8) is 0 Å². The lowest BCUT2D eigenvalue weighted by molar-refractivity contribution is 0.101. The lowest BCUT2D eigenvalue weighted by Crippen LogP contribution is -2.17. The zero-order valence-electron chi connectivity index (χ0n) is 15.3. The first kappa shape index (κ1) is 17.7. The summed E-state index contributed by atoms with van der Waals surface area (Å²) < 4.78 is 14.9. The number of hydrogen-bond donors (Lipinski definition) is 1. The number of benzene rings is 3. The monoisotopic (exact) mass is 371 g/mol. The molecule has 1 N–H and O–H groups in total.